The fraction of sp³-hybridized carbons (Fsp3) is 0.279. The molecule has 0 saturated carbocycles. The Morgan fingerprint density at radius 1 is 0.804 bits per heavy atom. The number of hydrogen-bond donors (Lipinski definition) is 1. The van der Waals surface area contributed by atoms with Crippen molar-refractivity contribution in [2.24, 2.45) is 14.1 Å². The van der Waals surface area contributed by atoms with Crippen molar-refractivity contribution in [3.8, 4) is 0 Å². The highest BCUT2D eigenvalue weighted by Gasteiger charge is 2.21. The number of allylic oxidation sites excluding steroid dienone is 1. The Balaban J connectivity index is 0.971. The number of hydrogen-bond acceptors (Lipinski definition) is 4. The van der Waals surface area contributed by atoms with Crippen LogP contribution in [0.15, 0.2) is 91.0 Å². The van der Waals surface area contributed by atoms with E-state index in [1.54, 1.807) is 0 Å². The number of para-hydroxylation sites is 4. The van der Waals surface area contributed by atoms with Crippen LogP contribution in [0.1, 0.15) is 46.0 Å². The molecule has 0 aliphatic heterocycles. The van der Waals surface area contributed by atoms with Gasteiger partial charge in [-0.25, -0.2) is 14.6 Å². The van der Waals surface area contributed by atoms with E-state index >= 15 is 0 Å². The van der Waals surface area contributed by atoms with Crippen LogP contribution in [0.25, 0.3) is 46.2 Å². The van der Waals surface area contributed by atoms with Gasteiger partial charge in [0.1, 0.15) is 0 Å². The molecular weight excluding hydrogens is 665 g/mol. The first kappa shape index (κ1) is 35.1. The third-order valence-corrected chi connectivity index (χ3v) is 12.6. The average Bonchev–Trinajstić information content (AvgIpc) is 3.69. The van der Waals surface area contributed by atoms with E-state index in [1.165, 1.54) is 61.5 Å². The molecule has 262 valence electrons. The van der Waals surface area contributed by atoms with E-state index in [9.17, 15) is 0 Å². The molecule has 0 radical (unpaired) electrons. The number of rotatable bonds is 14. The average molecular weight is 714 g/mol. The molecule has 51 heavy (non-hydrogen) atoms. The summed E-state index contributed by atoms with van der Waals surface area (Å²) in [4.78, 5) is 0. The summed E-state index contributed by atoms with van der Waals surface area (Å²) in [7, 11) is 10.4. The molecule has 6 aromatic rings. The molecule has 1 N–H and O–H groups in total. The molecular formula is C43H49N6S2+. The summed E-state index contributed by atoms with van der Waals surface area (Å²) >= 11 is 0. The van der Waals surface area contributed by atoms with Crippen LogP contribution in [-0.4, -0.2) is 38.8 Å². The van der Waals surface area contributed by atoms with E-state index in [1.807, 2.05) is 27.7 Å². The summed E-state index contributed by atoms with van der Waals surface area (Å²) in [5.41, 5.74) is 16.7. The van der Waals surface area contributed by atoms with Gasteiger partial charge < -0.3 is 14.1 Å². The number of imidazole rings is 1. The monoisotopic (exact) mass is 713 g/mol. The van der Waals surface area contributed by atoms with Crippen LogP contribution in [0, 0.1) is 13.8 Å². The van der Waals surface area contributed by atoms with E-state index in [4.69, 9.17) is 0 Å². The SMILES string of the molecule is Cc1c(/C=C/c2n(C)c3ccccc3[n+]2C)c2c(n1CCSSCCn1c(C)c(/C=C/CNN(C)c3ccccc3)c3ccccc31)C=CCC2. The van der Waals surface area contributed by atoms with E-state index in [-0.39, 0.29) is 0 Å². The Morgan fingerprint density at radius 3 is 2.27 bits per heavy atom. The summed E-state index contributed by atoms with van der Waals surface area (Å²) in [5.74, 6) is 3.34. The molecule has 8 heteroatoms. The number of nitrogens with one attached hydrogen (secondary N) is 1. The lowest BCUT2D eigenvalue weighted by Gasteiger charge is -2.19. The minimum atomic E-state index is 0.761. The van der Waals surface area contributed by atoms with Crippen LogP contribution < -0.4 is 15.0 Å². The van der Waals surface area contributed by atoms with Gasteiger partial charge in [-0.1, -0.05) is 88.3 Å². The minimum absolute atomic E-state index is 0.761. The fourth-order valence-electron chi connectivity index (χ4n) is 7.56. The minimum Gasteiger partial charge on any atom is -0.344 e. The second-order valence-electron chi connectivity index (χ2n) is 13.2. The molecule has 1 aliphatic carbocycles. The molecule has 0 amide bonds. The predicted molar refractivity (Wildman–Crippen MR) is 223 cm³/mol. The Morgan fingerprint density at radius 2 is 1.49 bits per heavy atom. The molecule has 0 atom stereocenters. The third-order valence-electron chi connectivity index (χ3n) is 10.3. The Labute approximate surface area is 310 Å². The van der Waals surface area contributed by atoms with Gasteiger partial charge in [0.15, 0.2) is 11.0 Å². The second-order valence-corrected chi connectivity index (χ2v) is 15.9. The maximum atomic E-state index is 3.48. The van der Waals surface area contributed by atoms with Gasteiger partial charge in [0.05, 0.1) is 19.8 Å². The quantitative estimate of drug-likeness (QED) is 0.0529. The van der Waals surface area contributed by atoms with Gasteiger partial charge in [0.25, 0.3) is 5.82 Å². The fourth-order valence-corrected chi connectivity index (χ4v) is 9.46. The van der Waals surface area contributed by atoms with Crippen molar-refractivity contribution < 1.29 is 4.57 Å². The number of anilines is 1. The Kier molecular flexibility index (Phi) is 10.9. The lowest BCUT2D eigenvalue weighted by molar-refractivity contribution is -0.647. The van der Waals surface area contributed by atoms with Crippen LogP contribution in [0.4, 0.5) is 5.69 Å². The first-order valence-corrected chi connectivity index (χ1v) is 20.4. The van der Waals surface area contributed by atoms with E-state index in [0.29, 0.717) is 0 Å². The molecule has 3 heterocycles. The summed E-state index contributed by atoms with van der Waals surface area (Å²) in [6, 6.07) is 27.8. The zero-order valence-corrected chi connectivity index (χ0v) is 32.1. The van der Waals surface area contributed by atoms with Crippen LogP contribution in [0.5, 0.6) is 0 Å². The van der Waals surface area contributed by atoms with Crippen molar-refractivity contribution in [3.05, 3.63) is 131 Å². The normalized spacial score (nSPS) is 13.0. The number of fused-ring (bicyclic) bond motifs is 3. The van der Waals surface area contributed by atoms with Crippen LogP contribution in [-0.2, 0) is 33.6 Å². The number of aromatic nitrogens is 4. The maximum absolute atomic E-state index is 3.48. The molecule has 6 nitrogen and oxygen atoms in total. The van der Waals surface area contributed by atoms with Gasteiger partial charge in [-0.15, -0.1) is 0 Å². The lowest BCUT2D eigenvalue weighted by atomic mass is 9.99. The van der Waals surface area contributed by atoms with E-state index in [0.717, 1.165) is 49.7 Å². The highest BCUT2D eigenvalue weighted by molar-refractivity contribution is 8.76. The predicted octanol–water partition coefficient (Wildman–Crippen LogP) is 9.24. The molecule has 0 bridgehead atoms. The molecule has 0 fully saturated rings. The van der Waals surface area contributed by atoms with Gasteiger partial charge >= 0.3 is 0 Å². The van der Waals surface area contributed by atoms with Gasteiger partial charge in [0.2, 0.25) is 0 Å². The number of benzene rings is 3. The van der Waals surface area contributed by atoms with Crippen molar-refractivity contribution in [2.45, 2.75) is 39.8 Å². The largest absolute Gasteiger partial charge is 0.344 e. The number of aryl methyl sites for hydroxylation is 3. The summed E-state index contributed by atoms with van der Waals surface area (Å²) in [6.07, 6.45) is 16.1. The Bertz CT molecular complexity index is 2190. The van der Waals surface area contributed by atoms with Crippen LogP contribution in [0.3, 0.4) is 0 Å². The molecule has 0 unspecified atom stereocenters. The first-order chi connectivity index (χ1) is 24.9. The smallest absolute Gasteiger partial charge is 0.281 e. The van der Waals surface area contributed by atoms with Crippen molar-refractivity contribution in [1.29, 1.82) is 0 Å². The van der Waals surface area contributed by atoms with Crippen molar-refractivity contribution in [2.75, 3.05) is 30.1 Å². The molecule has 3 aromatic heterocycles. The van der Waals surface area contributed by atoms with Gasteiger partial charge in [-0.3, -0.25) is 0 Å². The zero-order chi connectivity index (χ0) is 35.3. The second kappa shape index (κ2) is 15.9. The van der Waals surface area contributed by atoms with E-state index < -0.39 is 0 Å². The number of nitrogens with zero attached hydrogens (tertiary/aromatic N) is 5. The molecule has 3 aromatic carbocycles. The zero-order valence-electron chi connectivity index (χ0n) is 30.5. The summed E-state index contributed by atoms with van der Waals surface area (Å²) in [5, 5.41) is 3.39. The van der Waals surface area contributed by atoms with Crippen molar-refractivity contribution >= 4 is 73.5 Å². The molecule has 1 aliphatic rings. The van der Waals surface area contributed by atoms with Gasteiger partial charge in [-0.05, 0) is 80.3 Å². The number of hydrazine groups is 1. The summed E-state index contributed by atoms with van der Waals surface area (Å²) < 4.78 is 9.63. The first-order valence-electron chi connectivity index (χ1n) is 17.9. The molecule has 7 rings (SSSR count). The Hall–Kier alpha value is -4.37. The van der Waals surface area contributed by atoms with Crippen molar-refractivity contribution in [1.82, 2.24) is 19.1 Å². The summed E-state index contributed by atoms with van der Waals surface area (Å²) in [6.45, 7) is 7.33. The highest BCUT2D eigenvalue weighted by Crippen LogP contribution is 2.33. The molecule has 0 spiro atoms. The van der Waals surface area contributed by atoms with Crippen LogP contribution in [0.2, 0.25) is 0 Å². The van der Waals surface area contributed by atoms with Gasteiger partial charge in [0, 0.05) is 77.8 Å². The van der Waals surface area contributed by atoms with Crippen LogP contribution >= 0.6 is 21.6 Å². The third kappa shape index (κ3) is 7.23. The topological polar surface area (TPSA) is 33.9 Å². The highest BCUT2D eigenvalue weighted by atomic mass is 33.1. The maximum Gasteiger partial charge on any atom is 0.281 e. The molecule has 0 saturated heterocycles. The van der Waals surface area contributed by atoms with Gasteiger partial charge in [-0.2, -0.15) is 0 Å². The van der Waals surface area contributed by atoms with Crippen molar-refractivity contribution in [3.63, 3.8) is 0 Å². The lowest BCUT2D eigenvalue weighted by Crippen LogP contribution is -2.34. The standard InChI is InChI=1S/C43H49N6S2/c1-32-35(20-15-27-44-47(5)34-16-7-6-8-17-34)37-18-9-11-21-39(37)48(32)28-30-50-51-31-29-49-33(2)36(38-19-10-12-22-40(38)49)25-26-43-45(3)41-23-13-14-24-42(41)46(43)4/h6-9,11-18,20-26,44H,10,19,27-31H2,1-5H3/q+1/b20-15+. The van der Waals surface area contributed by atoms with E-state index in [2.05, 4.69) is 173 Å².